The van der Waals surface area contributed by atoms with Gasteiger partial charge in [-0.2, -0.15) is 0 Å². The van der Waals surface area contributed by atoms with Gasteiger partial charge in [-0.25, -0.2) is 9.59 Å². The highest BCUT2D eigenvalue weighted by Crippen LogP contribution is 2.29. The summed E-state index contributed by atoms with van der Waals surface area (Å²) in [4.78, 5) is 18.5. The van der Waals surface area contributed by atoms with Gasteiger partial charge < -0.3 is 29.9 Å². The molecular weight excluding hydrogens is 344 g/mol. The second-order valence-corrected chi connectivity index (χ2v) is 5.58. The van der Waals surface area contributed by atoms with E-state index in [-0.39, 0.29) is 13.2 Å². The molecule has 1 aliphatic carbocycles. The maximum atomic E-state index is 9.25. The molecule has 2 unspecified atom stereocenters. The molecule has 0 aliphatic heterocycles. The summed E-state index contributed by atoms with van der Waals surface area (Å²) in [6.45, 7) is 8.55. The molecule has 0 radical (unpaired) electrons. The van der Waals surface area contributed by atoms with Gasteiger partial charge in [-0.05, 0) is 31.1 Å². The third-order valence-electron chi connectivity index (χ3n) is 3.42. The molecule has 0 spiro atoms. The smallest absolute Gasteiger partial charge is 0.327 e. The van der Waals surface area contributed by atoms with Crippen molar-refractivity contribution in [2.24, 2.45) is 11.8 Å². The molecule has 0 heterocycles. The summed E-state index contributed by atoms with van der Waals surface area (Å²) in [6, 6.07) is 0. The highest BCUT2D eigenvalue weighted by molar-refractivity contribution is 5.79. The zero-order chi connectivity index (χ0) is 20.2. The van der Waals surface area contributed by atoms with Crippen LogP contribution in [-0.4, -0.2) is 72.0 Å². The molecule has 8 nitrogen and oxygen atoms in total. The van der Waals surface area contributed by atoms with Gasteiger partial charge in [0.15, 0.2) is 0 Å². The quantitative estimate of drug-likeness (QED) is 0.331. The molecule has 152 valence electrons. The van der Waals surface area contributed by atoms with Crippen LogP contribution in [0.25, 0.3) is 0 Å². The fourth-order valence-electron chi connectivity index (χ4n) is 2.33. The summed E-state index contributed by atoms with van der Waals surface area (Å²) in [5.74, 6) is -0.735. The van der Waals surface area contributed by atoms with Gasteiger partial charge >= 0.3 is 11.9 Å². The lowest BCUT2D eigenvalue weighted by atomic mass is 9.82. The van der Waals surface area contributed by atoms with E-state index in [1.54, 1.807) is 0 Å². The maximum Gasteiger partial charge on any atom is 0.327 e. The molecule has 0 amide bonds. The van der Waals surface area contributed by atoms with Crippen LogP contribution in [0.1, 0.15) is 25.7 Å². The minimum atomic E-state index is -0.981. The predicted molar refractivity (Wildman–Crippen MR) is 96.9 cm³/mol. The van der Waals surface area contributed by atoms with Crippen LogP contribution in [-0.2, 0) is 19.1 Å². The number of carbonyl (C=O) groups is 2. The van der Waals surface area contributed by atoms with Crippen molar-refractivity contribution in [1.29, 1.82) is 0 Å². The first kappa shape index (κ1) is 26.5. The molecule has 1 aliphatic rings. The van der Waals surface area contributed by atoms with Crippen LogP contribution in [0, 0.1) is 11.8 Å². The second kappa shape index (κ2) is 19.6. The van der Waals surface area contributed by atoms with E-state index in [1.807, 2.05) is 0 Å². The fraction of sp³-hybridized carbons (Fsp3) is 0.667. The van der Waals surface area contributed by atoms with Gasteiger partial charge in [-0.3, -0.25) is 0 Å². The van der Waals surface area contributed by atoms with E-state index in [9.17, 15) is 9.59 Å². The number of rotatable bonds is 10. The fourth-order valence-corrected chi connectivity index (χ4v) is 2.33. The Hall–Kier alpha value is -1.74. The SMILES string of the molecule is C=CC(=O)O.C=CC(=O)O.OCCOCC1CCCC(COCCO)C1. The largest absolute Gasteiger partial charge is 0.478 e. The Morgan fingerprint density at radius 3 is 1.50 bits per heavy atom. The summed E-state index contributed by atoms with van der Waals surface area (Å²) in [6.07, 6.45) is 6.50. The first-order chi connectivity index (χ1) is 12.4. The summed E-state index contributed by atoms with van der Waals surface area (Å²) < 4.78 is 10.7. The molecule has 0 aromatic carbocycles. The van der Waals surface area contributed by atoms with Crippen LogP contribution in [0.15, 0.2) is 25.3 Å². The van der Waals surface area contributed by atoms with E-state index in [0.717, 1.165) is 31.8 Å². The molecule has 1 rings (SSSR count). The zero-order valence-corrected chi connectivity index (χ0v) is 15.2. The Labute approximate surface area is 154 Å². The Morgan fingerprint density at radius 1 is 0.885 bits per heavy atom. The normalized spacial score (nSPS) is 18.4. The number of carboxylic acid groups (broad SMARTS) is 2. The second-order valence-electron chi connectivity index (χ2n) is 5.58. The number of hydrogen-bond donors (Lipinski definition) is 4. The molecule has 0 saturated heterocycles. The van der Waals surface area contributed by atoms with E-state index in [4.69, 9.17) is 29.9 Å². The van der Waals surface area contributed by atoms with Crippen molar-refractivity contribution in [3.63, 3.8) is 0 Å². The molecule has 2 atom stereocenters. The lowest BCUT2D eigenvalue weighted by molar-refractivity contribution is -0.132. The number of aliphatic hydroxyl groups excluding tert-OH is 2. The number of aliphatic hydroxyl groups is 2. The molecule has 0 aromatic heterocycles. The van der Waals surface area contributed by atoms with Crippen molar-refractivity contribution in [2.45, 2.75) is 25.7 Å². The highest BCUT2D eigenvalue weighted by Gasteiger charge is 2.22. The number of aliphatic carboxylic acids is 2. The third-order valence-corrected chi connectivity index (χ3v) is 3.42. The monoisotopic (exact) mass is 376 g/mol. The highest BCUT2D eigenvalue weighted by atomic mass is 16.5. The molecular formula is C18H32O8. The van der Waals surface area contributed by atoms with Gasteiger partial charge in [-0.15, -0.1) is 0 Å². The van der Waals surface area contributed by atoms with Crippen molar-refractivity contribution in [3.8, 4) is 0 Å². The summed E-state index contributed by atoms with van der Waals surface area (Å²) in [5, 5.41) is 32.5. The molecule has 0 aromatic rings. The summed E-state index contributed by atoms with van der Waals surface area (Å²) in [5.41, 5.74) is 0. The first-order valence-corrected chi connectivity index (χ1v) is 8.49. The van der Waals surface area contributed by atoms with E-state index < -0.39 is 11.9 Å². The standard InChI is InChI=1S/C12H24O4.2C3H4O2/c13-4-6-15-9-11-2-1-3-12(8-11)10-16-7-5-14;2*1-2-3(4)5/h11-14H,1-10H2;2*2H,1H2,(H,4,5). The number of carboxylic acids is 2. The average Bonchev–Trinajstić information content (AvgIpc) is 2.63. The Morgan fingerprint density at radius 2 is 1.23 bits per heavy atom. The topological polar surface area (TPSA) is 134 Å². The Balaban J connectivity index is 0. The van der Waals surface area contributed by atoms with Crippen LogP contribution in [0.5, 0.6) is 0 Å². The van der Waals surface area contributed by atoms with E-state index in [2.05, 4.69) is 13.2 Å². The maximum absolute atomic E-state index is 9.25. The van der Waals surface area contributed by atoms with E-state index >= 15 is 0 Å². The number of ether oxygens (including phenoxy) is 2. The lowest BCUT2D eigenvalue weighted by Gasteiger charge is -2.28. The molecule has 0 bridgehead atoms. The lowest BCUT2D eigenvalue weighted by Crippen LogP contribution is -2.24. The van der Waals surface area contributed by atoms with Crippen LogP contribution < -0.4 is 0 Å². The van der Waals surface area contributed by atoms with Crippen molar-refractivity contribution < 1.29 is 39.5 Å². The van der Waals surface area contributed by atoms with Crippen LogP contribution in [0.3, 0.4) is 0 Å². The minimum absolute atomic E-state index is 0.107. The Kier molecular flexibility index (Phi) is 20.0. The van der Waals surface area contributed by atoms with Crippen LogP contribution >= 0.6 is 0 Å². The molecule has 4 N–H and O–H groups in total. The minimum Gasteiger partial charge on any atom is -0.478 e. The van der Waals surface area contributed by atoms with Crippen molar-refractivity contribution in [3.05, 3.63) is 25.3 Å². The average molecular weight is 376 g/mol. The molecule has 26 heavy (non-hydrogen) atoms. The van der Waals surface area contributed by atoms with Gasteiger partial charge in [0.2, 0.25) is 0 Å². The van der Waals surface area contributed by atoms with Gasteiger partial charge in [0.05, 0.1) is 26.4 Å². The van der Waals surface area contributed by atoms with Crippen molar-refractivity contribution in [1.82, 2.24) is 0 Å². The van der Waals surface area contributed by atoms with Crippen molar-refractivity contribution in [2.75, 3.05) is 39.6 Å². The molecule has 8 heteroatoms. The molecule has 1 fully saturated rings. The number of hydrogen-bond acceptors (Lipinski definition) is 6. The first-order valence-electron chi connectivity index (χ1n) is 8.49. The van der Waals surface area contributed by atoms with Crippen molar-refractivity contribution >= 4 is 11.9 Å². The van der Waals surface area contributed by atoms with Crippen LogP contribution in [0.4, 0.5) is 0 Å². The van der Waals surface area contributed by atoms with E-state index in [1.165, 1.54) is 19.3 Å². The third kappa shape index (κ3) is 20.3. The van der Waals surface area contributed by atoms with E-state index in [0.29, 0.717) is 25.0 Å². The Bertz CT molecular complexity index is 349. The molecule has 1 saturated carbocycles. The summed E-state index contributed by atoms with van der Waals surface area (Å²) in [7, 11) is 0. The van der Waals surface area contributed by atoms with Crippen LogP contribution in [0.2, 0.25) is 0 Å². The predicted octanol–water partition coefficient (Wildman–Crippen LogP) is 1.32. The van der Waals surface area contributed by atoms with Gasteiger partial charge in [0, 0.05) is 25.4 Å². The zero-order valence-electron chi connectivity index (χ0n) is 15.2. The van der Waals surface area contributed by atoms with Gasteiger partial charge in [0.1, 0.15) is 0 Å². The van der Waals surface area contributed by atoms with Gasteiger partial charge in [-0.1, -0.05) is 19.6 Å². The van der Waals surface area contributed by atoms with Gasteiger partial charge in [0.25, 0.3) is 0 Å². The summed E-state index contributed by atoms with van der Waals surface area (Å²) >= 11 is 0.